The fraction of sp³-hybridized carbons (Fsp3) is 0.158. The zero-order chi connectivity index (χ0) is 17.5. The van der Waals surface area contributed by atoms with E-state index in [-0.39, 0.29) is 11.7 Å². The number of nitriles is 1. The number of hydrogen-bond donors (Lipinski definition) is 1. The summed E-state index contributed by atoms with van der Waals surface area (Å²) in [6, 6.07) is 16.4. The lowest BCUT2D eigenvalue weighted by molar-refractivity contribution is -0.112. The quantitative estimate of drug-likeness (QED) is 0.595. The van der Waals surface area contributed by atoms with Gasteiger partial charge in [-0.3, -0.25) is 4.79 Å². The molecule has 0 fully saturated rings. The predicted molar refractivity (Wildman–Crippen MR) is 98.6 cm³/mol. The van der Waals surface area contributed by atoms with E-state index in [1.54, 1.807) is 18.2 Å². The van der Waals surface area contributed by atoms with Crippen LogP contribution in [0.15, 0.2) is 58.6 Å². The summed E-state index contributed by atoms with van der Waals surface area (Å²) in [5, 5.41) is 12.1. The Hall–Kier alpha value is -2.58. The highest BCUT2D eigenvalue weighted by molar-refractivity contribution is 9.10. The summed E-state index contributed by atoms with van der Waals surface area (Å²) in [5.41, 5.74) is 1.31. The van der Waals surface area contributed by atoms with E-state index in [0.29, 0.717) is 17.0 Å². The number of benzene rings is 2. The maximum absolute atomic E-state index is 12.3. The fourth-order valence-electron chi connectivity index (χ4n) is 2.02. The highest BCUT2D eigenvalue weighted by Gasteiger charge is 2.12. The van der Waals surface area contributed by atoms with E-state index < -0.39 is 5.91 Å². The van der Waals surface area contributed by atoms with Crippen LogP contribution in [0.3, 0.4) is 0 Å². The van der Waals surface area contributed by atoms with Gasteiger partial charge in [0.25, 0.3) is 5.91 Å². The molecule has 0 atom stereocenters. The smallest absolute Gasteiger partial charge is 0.266 e. The van der Waals surface area contributed by atoms with E-state index in [1.165, 1.54) is 6.08 Å². The molecule has 2 rings (SSSR count). The number of hydrogen-bond acceptors (Lipinski definition) is 3. The third kappa shape index (κ3) is 4.97. The number of para-hydroxylation sites is 1. The predicted octanol–water partition coefficient (Wildman–Crippen LogP) is 4.78. The molecule has 0 saturated heterocycles. The molecule has 0 unspecified atom stereocenters. The maximum atomic E-state index is 12.3. The molecule has 0 aliphatic heterocycles. The number of ether oxygens (including phenoxy) is 1. The molecule has 2 aromatic carbocycles. The second-order valence-electron chi connectivity index (χ2n) is 5.34. The van der Waals surface area contributed by atoms with Gasteiger partial charge in [-0.2, -0.15) is 5.26 Å². The van der Waals surface area contributed by atoms with Gasteiger partial charge in [-0.1, -0.05) is 34.1 Å². The first-order chi connectivity index (χ1) is 11.5. The number of nitrogens with one attached hydrogen (secondary N) is 1. The van der Waals surface area contributed by atoms with E-state index in [4.69, 9.17) is 4.74 Å². The molecule has 122 valence electrons. The Morgan fingerprint density at radius 2 is 1.96 bits per heavy atom. The fourth-order valence-corrected chi connectivity index (χ4v) is 2.40. The molecule has 24 heavy (non-hydrogen) atoms. The molecule has 0 saturated carbocycles. The van der Waals surface area contributed by atoms with Gasteiger partial charge in [0, 0.05) is 15.7 Å². The third-order valence-electron chi connectivity index (χ3n) is 3.03. The number of carbonyl (C=O) groups is 1. The van der Waals surface area contributed by atoms with Crippen LogP contribution >= 0.6 is 15.9 Å². The largest absolute Gasteiger partial charge is 0.490 e. The average molecular weight is 385 g/mol. The van der Waals surface area contributed by atoms with Crippen LogP contribution in [0.5, 0.6) is 5.75 Å². The number of halogens is 1. The van der Waals surface area contributed by atoms with Gasteiger partial charge in [0.15, 0.2) is 0 Å². The minimum Gasteiger partial charge on any atom is -0.490 e. The molecule has 5 heteroatoms. The molecule has 0 heterocycles. The van der Waals surface area contributed by atoms with Gasteiger partial charge in [-0.25, -0.2) is 0 Å². The van der Waals surface area contributed by atoms with Crippen LogP contribution in [0.2, 0.25) is 0 Å². The van der Waals surface area contributed by atoms with Crippen molar-refractivity contribution < 1.29 is 9.53 Å². The number of nitrogens with zero attached hydrogens (tertiary/aromatic N) is 1. The van der Waals surface area contributed by atoms with Crippen molar-refractivity contribution >= 4 is 33.6 Å². The standard InChI is InChI=1S/C19H17BrN2O2/c1-13(2)24-18-9-8-16(20)11-14(18)10-15(12-21)19(23)22-17-6-4-3-5-7-17/h3-11,13H,1-2H3,(H,22,23)/b15-10+. The van der Waals surface area contributed by atoms with Crippen molar-refractivity contribution in [1.82, 2.24) is 0 Å². The van der Waals surface area contributed by atoms with Crippen LogP contribution in [0.4, 0.5) is 5.69 Å². The first kappa shape index (κ1) is 17.8. The minimum absolute atomic E-state index is 0.00515. The normalized spacial score (nSPS) is 11.0. The second-order valence-corrected chi connectivity index (χ2v) is 6.25. The topological polar surface area (TPSA) is 62.1 Å². The van der Waals surface area contributed by atoms with Gasteiger partial charge in [0.2, 0.25) is 0 Å². The summed E-state index contributed by atoms with van der Waals surface area (Å²) < 4.78 is 6.58. The molecule has 0 radical (unpaired) electrons. The van der Waals surface area contributed by atoms with Gasteiger partial charge in [0.05, 0.1) is 6.10 Å². The Morgan fingerprint density at radius 3 is 2.58 bits per heavy atom. The maximum Gasteiger partial charge on any atom is 0.266 e. The van der Waals surface area contributed by atoms with Crippen molar-refractivity contribution in [3.05, 3.63) is 64.1 Å². The number of amides is 1. The Labute approximate surface area is 149 Å². The van der Waals surface area contributed by atoms with Crippen molar-refractivity contribution in [2.75, 3.05) is 5.32 Å². The van der Waals surface area contributed by atoms with E-state index >= 15 is 0 Å². The highest BCUT2D eigenvalue weighted by Crippen LogP contribution is 2.26. The Balaban J connectivity index is 2.31. The summed E-state index contributed by atoms with van der Waals surface area (Å²) in [6.45, 7) is 3.84. The SMILES string of the molecule is CC(C)Oc1ccc(Br)cc1/C=C(\C#N)C(=O)Nc1ccccc1. The molecular weight excluding hydrogens is 368 g/mol. The Morgan fingerprint density at radius 1 is 1.25 bits per heavy atom. The van der Waals surface area contributed by atoms with Crippen LogP contribution in [0.25, 0.3) is 6.08 Å². The molecule has 2 aromatic rings. The molecule has 0 aromatic heterocycles. The summed E-state index contributed by atoms with van der Waals surface area (Å²) >= 11 is 3.40. The molecule has 4 nitrogen and oxygen atoms in total. The van der Waals surface area contributed by atoms with E-state index in [1.807, 2.05) is 50.2 Å². The Kier molecular flexibility index (Phi) is 6.16. The Bertz CT molecular complexity index is 793. The van der Waals surface area contributed by atoms with Gasteiger partial charge in [-0.15, -0.1) is 0 Å². The monoisotopic (exact) mass is 384 g/mol. The highest BCUT2D eigenvalue weighted by atomic mass is 79.9. The van der Waals surface area contributed by atoms with Gasteiger partial charge in [-0.05, 0) is 50.3 Å². The summed E-state index contributed by atoms with van der Waals surface area (Å²) in [5.74, 6) is 0.160. The molecule has 0 aliphatic rings. The summed E-state index contributed by atoms with van der Waals surface area (Å²) in [6.07, 6.45) is 1.52. The zero-order valence-corrected chi connectivity index (χ0v) is 15.0. The van der Waals surface area contributed by atoms with E-state index in [2.05, 4.69) is 21.2 Å². The van der Waals surface area contributed by atoms with E-state index in [9.17, 15) is 10.1 Å². The lowest BCUT2D eigenvalue weighted by Crippen LogP contribution is -2.13. The van der Waals surface area contributed by atoms with Crippen molar-refractivity contribution in [3.8, 4) is 11.8 Å². The van der Waals surface area contributed by atoms with Crippen LogP contribution in [-0.2, 0) is 4.79 Å². The van der Waals surface area contributed by atoms with Crippen LogP contribution < -0.4 is 10.1 Å². The first-order valence-corrected chi connectivity index (χ1v) is 8.23. The molecule has 0 bridgehead atoms. The number of carbonyl (C=O) groups excluding carboxylic acids is 1. The van der Waals surface area contributed by atoms with Gasteiger partial charge < -0.3 is 10.1 Å². The average Bonchev–Trinajstić information content (AvgIpc) is 2.55. The summed E-state index contributed by atoms with van der Waals surface area (Å²) in [4.78, 5) is 12.3. The lowest BCUT2D eigenvalue weighted by atomic mass is 10.1. The van der Waals surface area contributed by atoms with Crippen molar-refractivity contribution in [1.29, 1.82) is 5.26 Å². The summed E-state index contributed by atoms with van der Waals surface area (Å²) in [7, 11) is 0. The molecule has 0 aliphatic carbocycles. The number of anilines is 1. The molecule has 0 spiro atoms. The van der Waals surface area contributed by atoms with Gasteiger partial charge in [0.1, 0.15) is 17.4 Å². The van der Waals surface area contributed by atoms with Crippen LogP contribution in [0, 0.1) is 11.3 Å². The van der Waals surface area contributed by atoms with Crippen LogP contribution in [0.1, 0.15) is 19.4 Å². The van der Waals surface area contributed by atoms with Gasteiger partial charge >= 0.3 is 0 Å². The zero-order valence-electron chi connectivity index (χ0n) is 13.4. The number of rotatable bonds is 5. The molecule has 1 N–H and O–H groups in total. The van der Waals surface area contributed by atoms with Crippen molar-refractivity contribution in [2.45, 2.75) is 20.0 Å². The molecule has 1 amide bonds. The third-order valence-corrected chi connectivity index (χ3v) is 3.52. The lowest BCUT2D eigenvalue weighted by Gasteiger charge is -2.13. The van der Waals surface area contributed by atoms with E-state index in [0.717, 1.165) is 4.47 Å². The minimum atomic E-state index is -0.459. The van der Waals surface area contributed by atoms with Crippen molar-refractivity contribution in [2.24, 2.45) is 0 Å². The first-order valence-electron chi connectivity index (χ1n) is 7.44. The second kappa shape index (κ2) is 8.32. The van der Waals surface area contributed by atoms with Crippen molar-refractivity contribution in [3.63, 3.8) is 0 Å². The van der Waals surface area contributed by atoms with Crippen LogP contribution in [-0.4, -0.2) is 12.0 Å². The molecular formula is C19H17BrN2O2.